The smallest absolute Gasteiger partial charge is 0.257 e. The van der Waals surface area contributed by atoms with Gasteiger partial charge in [-0.1, -0.05) is 19.9 Å². The number of rotatable bonds is 5. The van der Waals surface area contributed by atoms with E-state index >= 15 is 0 Å². The first kappa shape index (κ1) is 23.4. The average molecular weight is 464 g/mol. The Hall–Kier alpha value is -3.72. The van der Waals surface area contributed by atoms with Crippen molar-refractivity contribution in [2.75, 3.05) is 38.2 Å². The molecular weight excluding hydrogens is 434 g/mol. The van der Waals surface area contributed by atoms with Crippen LogP contribution in [0, 0.1) is 0 Å². The van der Waals surface area contributed by atoms with Gasteiger partial charge in [-0.15, -0.1) is 0 Å². The number of hydrogen-bond acceptors (Lipinski definition) is 6. The van der Waals surface area contributed by atoms with Gasteiger partial charge in [0.05, 0.1) is 19.8 Å². The third kappa shape index (κ3) is 5.60. The van der Waals surface area contributed by atoms with Crippen LogP contribution in [0.2, 0.25) is 0 Å². The first-order chi connectivity index (χ1) is 16.4. The number of aliphatic imine (C=N–C) groups is 1. The quantitative estimate of drug-likeness (QED) is 0.631. The van der Waals surface area contributed by atoms with Crippen LogP contribution in [0.1, 0.15) is 52.5 Å². The summed E-state index contributed by atoms with van der Waals surface area (Å²) in [6.45, 7) is 6.75. The Balaban J connectivity index is 1.51. The Bertz CT molecular complexity index is 1120. The number of hydrogen-bond donors (Lipinski definition) is 3. The van der Waals surface area contributed by atoms with E-state index in [-0.39, 0.29) is 29.6 Å². The summed E-state index contributed by atoms with van der Waals surface area (Å²) in [6.07, 6.45) is 0.316. The Morgan fingerprint density at radius 1 is 1.09 bits per heavy atom. The maximum atomic E-state index is 12.8. The van der Waals surface area contributed by atoms with E-state index in [0.717, 1.165) is 16.9 Å². The van der Waals surface area contributed by atoms with Gasteiger partial charge in [0.25, 0.3) is 11.8 Å². The number of carbonyl (C=O) groups excluding carboxylic acids is 3. The van der Waals surface area contributed by atoms with Crippen molar-refractivity contribution >= 4 is 35.1 Å². The Morgan fingerprint density at radius 3 is 2.62 bits per heavy atom. The highest BCUT2D eigenvalue weighted by Gasteiger charge is 2.20. The van der Waals surface area contributed by atoms with Crippen molar-refractivity contribution in [2.24, 2.45) is 4.99 Å². The van der Waals surface area contributed by atoms with Crippen LogP contribution < -0.4 is 16.0 Å². The number of carbonyl (C=O) groups is 3. The zero-order valence-corrected chi connectivity index (χ0v) is 19.4. The molecule has 0 aromatic heterocycles. The van der Waals surface area contributed by atoms with Crippen molar-refractivity contribution < 1.29 is 19.1 Å². The lowest BCUT2D eigenvalue weighted by atomic mass is 9.98. The first-order valence-corrected chi connectivity index (χ1v) is 11.4. The lowest BCUT2D eigenvalue weighted by Gasteiger charge is -2.27. The second kappa shape index (κ2) is 10.5. The molecule has 4 rings (SSSR count). The van der Waals surface area contributed by atoms with Crippen LogP contribution in [0.3, 0.4) is 0 Å². The molecule has 2 heterocycles. The summed E-state index contributed by atoms with van der Waals surface area (Å²) in [5, 5.41) is 8.62. The fourth-order valence-corrected chi connectivity index (χ4v) is 3.88. The van der Waals surface area contributed by atoms with Gasteiger partial charge in [-0.2, -0.15) is 0 Å². The minimum atomic E-state index is -0.340. The summed E-state index contributed by atoms with van der Waals surface area (Å²) < 4.78 is 5.34. The predicted octanol–water partition coefficient (Wildman–Crippen LogP) is 2.63. The SMILES string of the molecule is CC(C)c1cc(C(=O)NC2=NCCC(=O)N2)ccc1Nc1cccc(C(=O)N2CCOCC2)c1. The summed E-state index contributed by atoms with van der Waals surface area (Å²) >= 11 is 0. The fraction of sp³-hybridized carbons (Fsp3) is 0.360. The van der Waals surface area contributed by atoms with Gasteiger partial charge in [0.2, 0.25) is 11.9 Å². The lowest BCUT2D eigenvalue weighted by molar-refractivity contribution is -0.119. The molecule has 0 bridgehead atoms. The molecule has 0 atom stereocenters. The number of guanidine groups is 1. The zero-order valence-electron chi connectivity index (χ0n) is 19.4. The van der Waals surface area contributed by atoms with Gasteiger partial charge in [-0.25, -0.2) is 0 Å². The molecule has 1 saturated heterocycles. The van der Waals surface area contributed by atoms with E-state index < -0.39 is 0 Å². The zero-order chi connectivity index (χ0) is 24.1. The van der Waals surface area contributed by atoms with Crippen LogP contribution in [-0.2, 0) is 9.53 Å². The normalized spacial score (nSPS) is 16.0. The van der Waals surface area contributed by atoms with Crippen LogP contribution in [0.15, 0.2) is 47.5 Å². The minimum Gasteiger partial charge on any atom is -0.378 e. The largest absolute Gasteiger partial charge is 0.378 e. The van der Waals surface area contributed by atoms with E-state index in [1.165, 1.54) is 0 Å². The Kier molecular flexibility index (Phi) is 7.22. The maximum absolute atomic E-state index is 12.8. The van der Waals surface area contributed by atoms with E-state index in [1.54, 1.807) is 11.0 Å². The number of nitrogens with one attached hydrogen (secondary N) is 3. The van der Waals surface area contributed by atoms with E-state index in [4.69, 9.17) is 4.74 Å². The molecule has 3 amide bonds. The summed E-state index contributed by atoms with van der Waals surface area (Å²) in [6, 6.07) is 12.8. The standard InChI is InChI=1S/C25H29N5O4/c1-16(2)20-15-17(23(32)29-25-26-9-8-22(31)28-25)6-7-21(20)27-19-5-3-4-18(14-19)24(33)30-10-12-34-13-11-30/h3-7,14-16,27H,8-13H2,1-2H3,(H2,26,28,29,31,32). The number of nitrogens with zero attached hydrogens (tertiary/aromatic N) is 2. The van der Waals surface area contributed by atoms with Gasteiger partial charge in [0.15, 0.2) is 0 Å². The van der Waals surface area contributed by atoms with Crippen molar-refractivity contribution in [3.05, 3.63) is 59.2 Å². The van der Waals surface area contributed by atoms with Crippen molar-refractivity contribution in [3.8, 4) is 0 Å². The fourth-order valence-electron chi connectivity index (χ4n) is 3.88. The molecule has 0 unspecified atom stereocenters. The van der Waals surface area contributed by atoms with Crippen LogP contribution in [-0.4, -0.2) is 61.4 Å². The molecule has 0 radical (unpaired) electrons. The van der Waals surface area contributed by atoms with Gasteiger partial charge >= 0.3 is 0 Å². The molecule has 9 nitrogen and oxygen atoms in total. The second-order valence-corrected chi connectivity index (χ2v) is 8.55. The Morgan fingerprint density at radius 2 is 1.88 bits per heavy atom. The molecule has 9 heteroatoms. The van der Waals surface area contributed by atoms with Crippen LogP contribution >= 0.6 is 0 Å². The molecule has 2 aliphatic rings. The molecule has 2 aliphatic heterocycles. The van der Waals surface area contributed by atoms with Crippen LogP contribution in [0.5, 0.6) is 0 Å². The Labute approximate surface area is 198 Å². The summed E-state index contributed by atoms with van der Waals surface area (Å²) in [7, 11) is 0. The molecule has 178 valence electrons. The van der Waals surface area contributed by atoms with Gasteiger partial charge in [0, 0.05) is 42.0 Å². The molecule has 2 aromatic rings. The summed E-state index contributed by atoms with van der Waals surface area (Å²) in [5.74, 6) is -0.202. The lowest BCUT2D eigenvalue weighted by Crippen LogP contribution is -2.46. The van der Waals surface area contributed by atoms with Gasteiger partial charge in [-0.05, 0) is 47.9 Å². The number of benzene rings is 2. The van der Waals surface area contributed by atoms with Gasteiger partial charge in [0.1, 0.15) is 0 Å². The predicted molar refractivity (Wildman–Crippen MR) is 130 cm³/mol. The molecule has 0 aliphatic carbocycles. The van der Waals surface area contributed by atoms with Crippen molar-refractivity contribution in [1.82, 2.24) is 15.5 Å². The van der Waals surface area contributed by atoms with Crippen LogP contribution in [0.25, 0.3) is 0 Å². The summed E-state index contributed by atoms with van der Waals surface area (Å²) in [5.41, 5.74) is 3.67. The highest BCUT2D eigenvalue weighted by molar-refractivity contribution is 6.10. The molecule has 0 saturated carbocycles. The van der Waals surface area contributed by atoms with E-state index in [9.17, 15) is 14.4 Å². The number of anilines is 2. The highest BCUT2D eigenvalue weighted by Crippen LogP contribution is 2.29. The average Bonchev–Trinajstić information content (AvgIpc) is 2.84. The van der Waals surface area contributed by atoms with E-state index in [2.05, 4.69) is 20.9 Å². The third-order valence-corrected chi connectivity index (χ3v) is 5.72. The molecule has 34 heavy (non-hydrogen) atoms. The molecule has 1 fully saturated rings. The number of amides is 3. The monoisotopic (exact) mass is 463 g/mol. The highest BCUT2D eigenvalue weighted by atomic mass is 16.5. The molecular formula is C25H29N5O4. The molecule has 0 spiro atoms. The third-order valence-electron chi connectivity index (χ3n) is 5.72. The minimum absolute atomic E-state index is 0.0132. The number of ether oxygens (including phenoxy) is 1. The van der Waals surface area contributed by atoms with E-state index in [0.29, 0.717) is 50.4 Å². The summed E-state index contributed by atoms with van der Waals surface area (Å²) in [4.78, 5) is 43.0. The van der Waals surface area contributed by atoms with Crippen molar-refractivity contribution in [3.63, 3.8) is 0 Å². The van der Waals surface area contributed by atoms with Gasteiger partial charge < -0.3 is 15.0 Å². The van der Waals surface area contributed by atoms with E-state index in [1.807, 2.05) is 50.2 Å². The molecule has 2 aromatic carbocycles. The van der Waals surface area contributed by atoms with Crippen molar-refractivity contribution in [1.29, 1.82) is 0 Å². The number of morpholine rings is 1. The van der Waals surface area contributed by atoms with Crippen molar-refractivity contribution in [2.45, 2.75) is 26.2 Å². The first-order valence-electron chi connectivity index (χ1n) is 11.4. The van der Waals surface area contributed by atoms with Gasteiger partial charge in [-0.3, -0.25) is 30.0 Å². The molecule has 3 N–H and O–H groups in total. The van der Waals surface area contributed by atoms with Crippen LogP contribution in [0.4, 0.5) is 11.4 Å². The topological polar surface area (TPSA) is 112 Å². The second-order valence-electron chi connectivity index (χ2n) is 8.55. The maximum Gasteiger partial charge on any atom is 0.257 e.